The molecule has 0 aliphatic carbocycles. The molecule has 8 heteroatoms. The van der Waals surface area contributed by atoms with Gasteiger partial charge in [0.15, 0.2) is 6.61 Å². The van der Waals surface area contributed by atoms with E-state index in [0.717, 1.165) is 21.7 Å². The maximum absolute atomic E-state index is 14.1. The van der Waals surface area contributed by atoms with E-state index in [1.165, 1.54) is 17.2 Å². The first-order valence-electron chi connectivity index (χ1n) is 11.3. The van der Waals surface area contributed by atoms with Crippen molar-refractivity contribution in [1.82, 2.24) is 5.32 Å². The van der Waals surface area contributed by atoms with E-state index in [1.54, 1.807) is 42.5 Å². The number of ether oxygens (including phenoxy) is 1. The van der Waals surface area contributed by atoms with Crippen molar-refractivity contribution >= 4 is 21.6 Å². The summed E-state index contributed by atoms with van der Waals surface area (Å²) in [6, 6.07) is 16.4. The first kappa shape index (κ1) is 26.2. The molecule has 0 spiro atoms. The van der Waals surface area contributed by atoms with Crippen LogP contribution in [0.25, 0.3) is 0 Å². The van der Waals surface area contributed by atoms with Crippen LogP contribution in [0.5, 0.6) is 5.75 Å². The summed E-state index contributed by atoms with van der Waals surface area (Å²) in [5.41, 5.74) is 5.18. The van der Waals surface area contributed by atoms with Gasteiger partial charge in [0.1, 0.15) is 11.6 Å². The first-order valence-corrected chi connectivity index (χ1v) is 13.1. The van der Waals surface area contributed by atoms with Gasteiger partial charge in [-0.2, -0.15) is 0 Å². The van der Waals surface area contributed by atoms with Crippen LogP contribution in [-0.4, -0.2) is 27.2 Å². The Kier molecular flexibility index (Phi) is 8.17. The van der Waals surface area contributed by atoms with Crippen LogP contribution in [0.3, 0.4) is 0 Å². The lowest BCUT2D eigenvalue weighted by Gasteiger charge is -2.23. The number of carbonyl (C=O) groups excluding carboxylic acids is 1. The van der Waals surface area contributed by atoms with Crippen LogP contribution in [0.4, 0.5) is 10.1 Å². The van der Waals surface area contributed by atoms with E-state index in [1.807, 2.05) is 20.8 Å². The van der Waals surface area contributed by atoms with Gasteiger partial charge in [-0.25, -0.2) is 12.8 Å². The summed E-state index contributed by atoms with van der Waals surface area (Å²) in [7, 11) is -3.66. The van der Waals surface area contributed by atoms with Crippen molar-refractivity contribution in [2.45, 2.75) is 40.3 Å². The van der Waals surface area contributed by atoms with Crippen molar-refractivity contribution < 1.29 is 22.3 Å². The third-order valence-electron chi connectivity index (χ3n) is 5.89. The fourth-order valence-electron chi connectivity index (χ4n) is 3.85. The standard InChI is InChI=1S/C27H31FN2O4S/c1-18-14-20(3)25(15-19(18)2)21(4)29-27(31)17-34-24-12-10-23(11-13-24)30(35(5,32)33)16-22-8-6-7-9-26(22)28/h6-15,21H,16-17H2,1-5H3,(H,29,31)/t21-/m0/s1. The van der Waals surface area contributed by atoms with Crippen LogP contribution in [0.15, 0.2) is 60.7 Å². The predicted molar refractivity (Wildman–Crippen MR) is 137 cm³/mol. The molecule has 3 aromatic carbocycles. The van der Waals surface area contributed by atoms with Crippen molar-refractivity contribution in [3.05, 3.63) is 94.3 Å². The lowest BCUT2D eigenvalue weighted by molar-refractivity contribution is -0.123. The smallest absolute Gasteiger partial charge is 0.258 e. The highest BCUT2D eigenvalue weighted by atomic mass is 32.2. The van der Waals surface area contributed by atoms with Crippen molar-refractivity contribution in [2.75, 3.05) is 17.2 Å². The maximum Gasteiger partial charge on any atom is 0.258 e. The van der Waals surface area contributed by atoms with E-state index in [0.29, 0.717) is 11.4 Å². The summed E-state index contributed by atoms with van der Waals surface area (Å²) >= 11 is 0. The molecule has 3 aromatic rings. The minimum absolute atomic E-state index is 0.135. The Morgan fingerprint density at radius 3 is 2.26 bits per heavy atom. The van der Waals surface area contributed by atoms with Crippen LogP contribution in [0.2, 0.25) is 0 Å². The lowest BCUT2D eigenvalue weighted by Crippen LogP contribution is -2.31. The molecule has 0 saturated heterocycles. The molecule has 0 heterocycles. The number of halogens is 1. The molecule has 0 aliphatic rings. The lowest BCUT2D eigenvalue weighted by atomic mass is 9.96. The summed E-state index contributed by atoms with van der Waals surface area (Å²) in [6.07, 6.45) is 1.07. The SMILES string of the molecule is Cc1cc(C)c([C@H](C)NC(=O)COc2ccc(N(Cc3ccccc3F)S(C)(=O)=O)cc2)cc1C. The Balaban J connectivity index is 1.63. The van der Waals surface area contributed by atoms with E-state index in [9.17, 15) is 17.6 Å². The molecule has 0 aromatic heterocycles. The van der Waals surface area contributed by atoms with Crippen LogP contribution in [0.1, 0.15) is 40.8 Å². The van der Waals surface area contributed by atoms with Gasteiger partial charge in [-0.15, -0.1) is 0 Å². The van der Waals surface area contributed by atoms with Crippen LogP contribution in [-0.2, 0) is 21.4 Å². The molecule has 35 heavy (non-hydrogen) atoms. The molecule has 186 valence electrons. The number of nitrogens with zero attached hydrogens (tertiary/aromatic N) is 1. The third-order valence-corrected chi connectivity index (χ3v) is 7.03. The van der Waals surface area contributed by atoms with E-state index >= 15 is 0 Å². The van der Waals surface area contributed by atoms with Crippen LogP contribution >= 0.6 is 0 Å². The maximum atomic E-state index is 14.1. The number of benzene rings is 3. The van der Waals surface area contributed by atoms with E-state index < -0.39 is 15.8 Å². The average molecular weight is 499 g/mol. The number of hydrogen-bond donors (Lipinski definition) is 1. The van der Waals surface area contributed by atoms with E-state index in [4.69, 9.17) is 4.74 Å². The van der Waals surface area contributed by atoms with Gasteiger partial charge in [0.2, 0.25) is 10.0 Å². The van der Waals surface area contributed by atoms with E-state index in [-0.39, 0.29) is 30.7 Å². The number of aryl methyl sites for hydroxylation is 3. The summed E-state index contributed by atoms with van der Waals surface area (Å²) in [5, 5.41) is 2.95. The van der Waals surface area contributed by atoms with Crippen LogP contribution < -0.4 is 14.4 Å². The average Bonchev–Trinajstić information content (AvgIpc) is 2.79. The Morgan fingerprint density at radius 2 is 1.63 bits per heavy atom. The van der Waals surface area contributed by atoms with E-state index in [2.05, 4.69) is 24.4 Å². The van der Waals surface area contributed by atoms with Crippen LogP contribution in [0, 0.1) is 26.6 Å². The highest BCUT2D eigenvalue weighted by Gasteiger charge is 2.20. The molecule has 1 atom stereocenters. The summed E-state index contributed by atoms with van der Waals surface area (Å²) in [6.45, 7) is 7.74. The molecule has 3 rings (SSSR count). The topological polar surface area (TPSA) is 75.7 Å². The number of rotatable bonds is 9. The quantitative estimate of drug-likeness (QED) is 0.452. The zero-order chi connectivity index (χ0) is 25.8. The van der Waals surface area contributed by atoms with Gasteiger partial charge in [0.05, 0.1) is 24.5 Å². The molecule has 0 unspecified atom stereocenters. The van der Waals surface area contributed by atoms with Gasteiger partial charge in [0, 0.05) is 5.56 Å². The molecule has 0 aliphatic heterocycles. The number of anilines is 1. The van der Waals surface area contributed by atoms with Crippen molar-refractivity contribution in [1.29, 1.82) is 0 Å². The molecular weight excluding hydrogens is 467 g/mol. The molecule has 0 radical (unpaired) electrons. The van der Waals surface area contributed by atoms with Crippen molar-refractivity contribution in [2.24, 2.45) is 0 Å². The number of sulfonamides is 1. The summed E-state index contributed by atoms with van der Waals surface area (Å²) in [4.78, 5) is 12.4. The molecule has 1 N–H and O–H groups in total. The van der Waals surface area contributed by atoms with Gasteiger partial charge in [-0.3, -0.25) is 9.10 Å². The number of carbonyl (C=O) groups is 1. The third kappa shape index (κ3) is 6.82. The molecule has 1 amide bonds. The number of hydrogen-bond acceptors (Lipinski definition) is 4. The monoisotopic (exact) mass is 498 g/mol. The summed E-state index contributed by atoms with van der Waals surface area (Å²) in [5.74, 6) is -0.327. The van der Waals surface area contributed by atoms with Gasteiger partial charge in [0.25, 0.3) is 5.91 Å². The Morgan fingerprint density at radius 1 is 1.00 bits per heavy atom. The molecule has 0 fully saturated rings. The highest BCUT2D eigenvalue weighted by molar-refractivity contribution is 7.92. The van der Waals surface area contributed by atoms with Gasteiger partial charge < -0.3 is 10.1 Å². The van der Waals surface area contributed by atoms with Gasteiger partial charge in [-0.05, 0) is 80.3 Å². The normalized spacial score (nSPS) is 12.2. The fourth-order valence-corrected chi connectivity index (χ4v) is 4.73. The Bertz CT molecular complexity index is 1310. The second-order valence-corrected chi connectivity index (χ2v) is 10.6. The molecular formula is C27H31FN2O4S. The predicted octanol–water partition coefficient (Wildman–Crippen LogP) is 4.97. The number of amides is 1. The second kappa shape index (κ2) is 10.9. The first-order chi connectivity index (χ1) is 16.5. The fraction of sp³-hybridized carbons (Fsp3) is 0.296. The zero-order valence-corrected chi connectivity index (χ0v) is 21.4. The number of nitrogens with one attached hydrogen (secondary N) is 1. The largest absolute Gasteiger partial charge is 0.484 e. The van der Waals surface area contributed by atoms with Crippen molar-refractivity contribution in [3.8, 4) is 5.75 Å². The second-order valence-electron chi connectivity index (χ2n) is 8.73. The Labute approximate surface area is 206 Å². The minimum atomic E-state index is -3.66. The molecule has 6 nitrogen and oxygen atoms in total. The van der Waals surface area contributed by atoms with Crippen molar-refractivity contribution in [3.63, 3.8) is 0 Å². The zero-order valence-electron chi connectivity index (χ0n) is 20.6. The van der Waals surface area contributed by atoms with Gasteiger partial charge >= 0.3 is 0 Å². The highest BCUT2D eigenvalue weighted by Crippen LogP contribution is 2.25. The molecule has 0 saturated carbocycles. The Hall–Kier alpha value is -3.39. The minimum Gasteiger partial charge on any atom is -0.484 e. The summed E-state index contributed by atoms with van der Waals surface area (Å²) < 4.78 is 45.5. The van der Waals surface area contributed by atoms with Gasteiger partial charge in [-0.1, -0.05) is 30.3 Å². The molecule has 0 bridgehead atoms.